The molecule has 1 unspecified atom stereocenters. The maximum atomic E-state index is 10.9. The molecule has 0 radical (unpaired) electrons. The van der Waals surface area contributed by atoms with Crippen molar-refractivity contribution in [2.45, 2.75) is 19.3 Å². The topological polar surface area (TPSA) is 26.3 Å². The first-order chi connectivity index (χ1) is 9.35. The number of rotatable bonds is 3. The van der Waals surface area contributed by atoms with Gasteiger partial charge in [0, 0.05) is 5.92 Å². The van der Waals surface area contributed by atoms with Gasteiger partial charge in [0.15, 0.2) is 0 Å². The van der Waals surface area contributed by atoms with Gasteiger partial charge in [0.25, 0.3) is 0 Å². The maximum absolute atomic E-state index is 10.9. The number of carbonyl (C=O) groups is 1. The van der Waals surface area contributed by atoms with Crippen molar-refractivity contribution in [3.63, 3.8) is 0 Å². The minimum absolute atomic E-state index is 0.188. The third kappa shape index (κ3) is 2.68. The Kier molecular flexibility index (Phi) is 3.32. The fourth-order valence-electron chi connectivity index (χ4n) is 2.56. The number of aldehydes is 1. The summed E-state index contributed by atoms with van der Waals surface area (Å²) in [5.74, 6) is 1.91. The van der Waals surface area contributed by atoms with E-state index in [1.807, 2.05) is 36.4 Å². The van der Waals surface area contributed by atoms with Crippen molar-refractivity contribution in [1.82, 2.24) is 0 Å². The van der Waals surface area contributed by atoms with Crippen molar-refractivity contribution in [1.29, 1.82) is 0 Å². The minimum Gasteiger partial charge on any atom is -0.457 e. The highest BCUT2D eigenvalue weighted by molar-refractivity contribution is 5.56. The Hall–Kier alpha value is -2.09. The molecule has 0 aromatic heterocycles. The van der Waals surface area contributed by atoms with E-state index < -0.39 is 0 Å². The summed E-state index contributed by atoms with van der Waals surface area (Å²) in [6, 6.07) is 16.0. The third-order valence-corrected chi connectivity index (χ3v) is 3.62. The molecule has 0 aliphatic heterocycles. The second-order valence-corrected chi connectivity index (χ2v) is 4.98. The van der Waals surface area contributed by atoms with E-state index in [0.717, 1.165) is 37.0 Å². The number of benzene rings is 2. The van der Waals surface area contributed by atoms with Crippen molar-refractivity contribution in [3.05, 3.63) is 59.7 Å². The summed E-state index contributed by atoms with van der Waals surface area (Å²) in [6.07, 6.45) is 3.86. The molecule has 2 aromatic rings. The summed E-state index contributed by atoms with van der Waals surface area (Å²) < 4.78 is 5.83. The van der Waals surface area contributed by atoms with E-state index in [0.29, 0.717) is 0 Å². The van der Waals surface area contributed by atoms with Crippen molar-refractivity contribution in [2.75, 3.05) is 0 Å². The molecule has 2 nitrogen and oxygen atoms in total. The molecule has 1 atom stereocenters. The van der Waals surface area contributed by atoms with Crippen LogP contribution < -0.4 is 4.74 Å². The van der Waals surface area contributed by atoms with E-state index in [9.17, 15) is 4.79 Å². The normalized spacial score (nSPS) is 17.6. The Morgan fingerprint density at radius 3 is 2.63 bits per heavy atom. The molecule has 96 valence electrons. The molecule has 2 aromatic carbocycles. The van der Waals surface area contributed by atoms with Crippen LogP contribution in [0.15, 0.2) is 48.5 Å². The molecule has 0 saturated carbocycles. The lowest BCUT2D eigenvalue weighted by molar-refractivity contribution is -0.111. The van der Waals surface area contributed by atoms with Crippen LogP contribution in [0.3, 0.4) is 0 Å². The van der Waals surface area contributed by atoms with Gasteiger partial charge in [-0.1, -0.05) is 24.3 Å². The third-order valence-electron chi connectivity index (χ3n) is 3.62. The van der Waals surface area contributed by atoms with E-state index in [-0.39, 0.29) is 5.92 Å². The second kappa shape index (κ2) is 5.27. The fraction of sp³-hybridized carbons (Fsp3) is 0.235. The highest BCUT2D eigenvalue weighted by atomic mass is 16.5. The highest BCUT2D eigenvalue weighted by Crippen LogP contribution is 2.29. The molecule has 1 aliphatic rings. The lowest BCUT2D eigenvalue weighted by Gasteiger charge is -2.21. The average molecular weight is 252 g/mol. The van der Waals surface area contributed by atoms with E-state index >= 15 is 0 Å². The number of aryl methyl sites for hydroxylation is 1. The molecule has 1 aliphatic carbocycles. The molecule has 3 rings (SSSR count). The van der Waals surface area contributed by atoms with Crippen LogP contribution in [0.5, 0.6) is 11.5 Å². The molecule has 0 bridgehead atoms. The fourth-order valence-corrected chi connectivity index (χ4v) is 2.56. The van der Waals surface area contributed by atoms with Gasteiger partial charge in [-0.15, -0.1) is 0 Å². The van der Waals surface area contributed by atoms with Crippen molar-refractivity contribution in [3.8, 4) is 11.5 Å². The minimum atomic E-state index is 0.188. The van der Waals surface area contributed by atoms with E-state index in [2.05, 4.69) is 12.1 Å². The number of hydrogen-bond donors (Lipinski definition) is 0. The van der Waals surface area contributed by atoms with Crippen LogP contribution in [0.4, 0.5) is 0 Å². The average Bonchev–Trinajstić information content (AvgIpc) is 2.48. The number of para-hydroxylation sites is 1. The SMILES string of the molecule is O=CC1CCc2cc(Oc3ccccc3)ccc2C1. The standard InChI is InChI=1S/C17H16O2/c18-12-13-6-7-15-11-17(9-8-14(15)10-13)19-16-4-2-1-3-5-16/h1-5,8-9,11-13H,6-7,10H2. The first-order valence-corrected chi connectivity index (χ1v) is 6.65. The van der Waals surface area contributed by atoms with Gasteiger partial charge < -0.3 is 9.53 Å². The van der Waals surface area contributed by atoms with Crippen LogP contribution in [-0.4, -0.2) is 6.29 Å². The lowest BCUT2D eigenvalue weighted by Crippen LogP contribution is -2.15. The largest absolute Gasteiger partial charge is 0.457 e. The lowest BCUT2D eigenvalue weighted by atomic mass is 9.85. The van der Waals surface area contributed by atoms with Crippen molar-refractivity contribution in [2.24, 2.45) is 5.92 Å². The smallest absolute Gasteiger partial charge is 0.127 e. The Morgan fingerprint density at radius 1 is 1.00 bits per heavy atom. The second-order valence-electron chi connectivity index (χ2n) is 4.98. The molecule has 0 saturated heterocycles. The van der Waals surface area contributed by atoms with Crippen LogP contribution in [0, 0.1) is 5.92 Å². The number of ether oxygens (including phenoxy) is 1. The van der Waals surface area contributed by atoms with Gasteiger partial charge in [0.2, 0.25) is 0 Å². The molecular formula is C17H16O2. The first kappa shape index (κ1) is 12.0. The monoisotopic (exact) mass is 252 g/mol. The van der Waals surface area contributed by atoms with Gasteiger partial charge in [-0.3, -0.25) is 0 Å². The summed E-state index contributed by atoms with van der Waals surface area (Å²) in [6.45, 7) is 0. The van der Waals surface area contributed by atoms with E-state index in [4.69, 9.17) is 4.74 Å². The first-order valence-electron chi connectivity index (χ1n) is 6.65. The van der Waals surface area contributed by atoms with Crippen LogP contribution in [0.1, 0.15) is 17.5 Å². The molecule has 0 fully saturated rings. The molecular weight excluding hydrogens is 236 g/mol. The zero-order valence-electron chi connectivity index (χ0n) is 10.7. The van der Waals surface area contributed by atoms with Crippen molar-refractivity contribution >= 4 is 6.29 Å². The van der Waals surface area contributed by atoms with Crippen molar-refractivity contribution < 1.29 is 9.53 Å². The van der Waals surface area contributed by atoms with Gasteiger partial charge in [-0.05, 0) is 54.7 Å². The van der Waals surface area contributed by atoms with Gasteiger partial charge in [-0.2, -0.15) is 0 Å². The molecule has 2 heteroatoms. The van der Waals surface area contributed by atoms with Crippen LogP contribution >= 0.6 is 0 Å². The summed E-state index contributed by atoms with van der Waals surface area (Å²) >= 11 is 0. The molecule has 19 heavy (non-hydrogen) atoms. The number of carbonyl (C=O) groups excluding carboxylic acids is 1. The Balaban J connectivity index is 1.81. The Morgan fingerprint density at radius 2 is 1.84 bits per heavy atom. The Bertz CT molecular complexity index is 575. The van der Waals surface area contributed by atoms with E-state index in [1.165, 1.54) is 11.1 Å². The molecule has 0 amide bonds. The zero-order chi connectivity index (χ0) is 13.1. The Labute approximate surface area is 113 Å². The van der Waals surface area contributed by atoms with Gasteiger partial charge in [0.05, 0.1) is 0 Å². The quantitative estimate of drug-likeness (QED) is 0.777. The number of fused-ring (bicyclic) bond motifs is 1. The van der Waals surface area contributed by atoms with Crippen LogP contribution in [-0.2, 0) is 17.6 Å². The predicted octanol–water partition coefficient (Wildman–Crippen LogP) is 3.78. The van der Waals surface area contributed by atoms with Gasteiger partial charge in [-0.25, -0.2) is 0 Å². The van der Waals surface area contributed by atoms with Gasteiger partial charge in [0.1, 0.15) is 17.8 Å². The summed E-state index contributed by atoms with van der Waals surface area (Å²) in [4.78, 5) is 10.9. The zero-order valence-corrected chi connectivity index (χ0v) is 10.7. The maximum Gasteiger partial charge on any atom is 0.127 e. The molecule has 0 heterocycles. The van der Waals surface area contributed by atoms with Gasteiger partial charge >= 0.3 is 0 Å². The number of hydrogen-bond acceptors (Lipinski definition) is 2. The highest BCUT2D eigenvalue weighted by Gasteiger charge is 2.18. The summed E-state index contributed by atoms with van der Waals surface area (Å²) in [5, 5.41) is 0. The predicted molar refractivity (Wildman–Crippen MR) is 74.5 cm³/mol. The van der Waals surface area contributed by atoms with Crippen LogP contribution in [0.2, 0.25) is 0 Å². The van der Waals surface area contributed by atoms with E-state index in [1.54, 1.807) is 0 Å². The summed E-state index contributed by atoms with van der Waals surface area (Å²) in [5.41, 5.74) is 2.59. The summed E-state index contributed by atoms with van der Waals surface area (Å²) in [7, 11) is 0. The molecule has 0 spiro atoms. The van der Waals surface area contributed by atoms with Crippen LogP contribution in [0.25, 0.3) is 0 Å². The molecule has 0 N–H and O–H groups in total.